The number of hydrogen-bond acceptors (Lipinski definition) is 2. The van der Waals surface area contributed by atoms with Gasteiger partial charge in [0.2, 0.25) is 11.8 Å². The van der Waals surface area contributed by atoms with E-state index in [-0.39, 0.29) is 23.8 Å². The van der Waals surface area contributed by atoms with E-state index in [0.29, 0.717) is 19.0 Å². The first-order chi connectivity index (χ1) is 12.6. The summed E-state index contributed by atoms with van der Waals surface area (Å²) in [6.45, 7) is 2.65. The fourth-order valence-corrected chi connectivity index (χ4v) is 4.91. The third kappa shape index (κ3) is 3.51. The number of nitrogens with zero attached hydrogens (tertiary/aromatic N) is 1. The summed E-state index contributed by atoms with van der Waals surface area (Å²) < 4.78 is 0. The van der Waals surface area contributed by atoms with Crippen molar-refractivity contribution in [1.82, 2.24) is 10.2 Å². The second-order valence-electron chi connectivity index (χ2n) is 8.35. The van der Waals surface area contributed by atoms with Gasteiger partial charge < -0.3 is 10.2 Å². The van der Waals surface area contributed by atoms with Crippen molar-refractivity contribution in [1.29, 1.82) is 0 Å². The number of carbonyl (C=O) groups excluding carboxylic acids is 2. The summed E-state index contributed by atoms with van der Waals surface area (Å²) in [6, 6.07) is 7.01. The molecule has 0 bridgehead atoms. The Morgan fingerprint density at radius 3 is 2.62 bits per heavy atom. The van der Waals surface area contributed by atoms with Crippen LogP contribution < -0.4 is 5.32 Å². The number of hydrogen-bond donors (Lipinski definition) is 1. The summed E-state index contributed by atoms with van der Waals surface area (Å²) in [4.78, 5) is 27.0. The van der Waals surface area contributed by atoms with Gasteiger partial charge in [0.25, 0.3) is 0 Å². The minimum atomic E-state index is -0.192. The molecule has 2 fully saturated rings. The predicted octanol–water partition coefficient (Wildman–Crippen LogP) is 3.53. The summed E-state index contributed by atoms with van der Waals surface area (Å²) in [5.41, 5.74) is 4.08. The molecule has 0 radical (unpaired) electrons. The average molecular weight is 354 g/mol. The standard InChI is InChI=1S/C22H30N2O2/c1-15(17-11-10-16-6-2-3-7-18(16)12-17)23-22(26)19-13-21(25)24(14-19)20-8-4-5-9-20/h10-12,15,19-20H,2-9,13-14H2,1H3,(H,23,26). The minimum Gasteiger partial charge on any atom is -0.349 e. The van der Waals surface area contributed by atoms with Crippen LogP contribution in [-0.2, 0) is 22.4 Å². The van der Waals surface area contributed by atoms with Crippen molar-refractivity contribution in [3.05, 3.63) is 34.9 Å². The van der Waals surface area contributed by atoms with Crippen LogP contribution in [0.5, 0.6) is 0 Å². The number of nitrogens with one attached hydrogen (secondary N) is 1. The Balaban J connectivity index is 1.37. The number of fused-ring (bicyclic) bond motifs is 1. The summed E-state index contributed by atoms with van der Waals surface area (Å²) in [5.74, 6) is 0.00530. The summed E-state index contributed by atoms with van der Waals surface area (Å²) in [6.07, 6.45) is 9.87. The molecule has 0 spiro atoms. The van der Waals surface area contributed by atoms with Gasteiger partial charge in [-0.2, -0.15) is 0 Å². The maximum Gasteiger partial charge on any atom is 0.225 e. The number of benzene rings is 1. The van der Waals surface area contributed by atoms with Crippen LogP contribution in [0.4, 0.5) is 0 Å². The fraction of sp³-hybridized carbons (Fsp3) is 0.636. The quantitative estimate of drug-likeness (QED) is 0.899. The van der Waals surface area contributed by atoms with Crippen molar-refractivity contribution in [2.24, 2.45) is 5.92 Å². The van der Waals surface area contributed by atoms with E-state index >= 15 is 0 Å². The largest absolute Gasteiger partial charge is 0.349 e. The second-order valence-corrected chi connectivity index (χ2v) is 8.35. The van der Waals surface area contributed by atoms with Crippen molar-refractivity contribution in [2.75, 3.05) is 6.54 Å². The molecule has 2 unspecified atom stereocenters. The molecule has 1 N–H and O–H groups in total. The monoisotopic (exact) mass is 354 g/mol. The predicted molar refractivity (Wildman–Crippen MR) is 102 cm³/mol. The number of likely N-dealkylation sites (tertiary alicyclic amines) is 1. The maximum atomic E-state index is 12.7. The molecule has 140 valence electrons. The van der Waals surface area contributed by atoms with Gasteiger partial charge in [0.1, 0.15) is 0 Å². The van der Waals surface area contributed by atoms with Crippen molar-refractivity contribution in [3.8, 4) is 0 Å². The topological polar surface area (TPSA) is 49.4 Å². The molecule has 2 amide bonds. The molecule has 2 atom stereocenters. The van der Waals surface area contributed by atoms with Crippen molar-refractivity contribution < 1.29 is 9.59 Å². The maximum absolute atomic E-state index is 12.7. The van der Waals surface area contributed by atoms with Gasteiger partial charge in [-0.25, -0.2) is 0 Å². The van der Waals surface area contributed by atoms with E-state index in [1.165, 1.54) is 48.8 Å². The molecule has 2 aliphatic carbocycles. The normalized spacial score (nSPS) is 24.6. The lowest BCUT2D eigenvalue weighted by molar-refractivity contribution is -0.130. The van der Waals surface area contributed by atoms with Gasteiger partial charge in [0, 0.05) is 19.0 Å². The van der Waals surface area contributed by atoms with Crippen LogP contribution in [0.25, 0.3) is 0 Å². The van der Waals surface area contributed by atoms with Crippen LogP contribution in [0.2, 0.25) is 0 Å². The van der Waals surface area contributed by atoms with Gasteiger partial charge in [-0.1, -0.05) is 31.0 Å². The van der Waals surface area contributed by atoms with Crippen LogP contribution in [-0.4, -0.2) is 29.3 Å². The summed E-state index contributed by atoms with van der Waals surface area (Å²) in [7, 11) is 0. The van der Waals surface area contributed by atoms with Crippen LogP contribution in [0.1, 0.15) is 74.6 Å². The molecule has 4 nitrogen and oxygen atoms in total. The first kappa shape index (κ1) is 17.6. The Morgan fingerprint density at radius 2 is 1.85 bits per heavy atom. The molecule has 1 saturated heterocycles. The SMILES string of the molecule is CC(NC(=O)C1CC(=O)N(C2CCCC2)C1)c1ccc2c(c1)CCCC2. The fourth-order valence-electron chi connectivity index (χ4n) is 4.91. The van der Waals surface area contributed by atoms with Crippen LogP contribution in [0, 0.1) is 5.92 Å². The molecular weight excluding hydrogens is 324 g/mol. The Labute approximate surface area is 156 Å². The number of carbonyl (C=O) groups is 2. The van der Waals surface area contributed by atoms with E-state index in [1.807, 2.05) is 11.8 Å². The highest BCUT2D eigenvalue weighted by molar-refractivity contribution is 5.89. The lowest BCUT2D eigenvalue weighted by Gasteiger charge is -2.24. The highest BCUT2D eigenvalue weighted by atomic mass is 16.2. The minimum absolute atomic E-state index is 0.00893. The van der Waals surface area contributed by atoms with Gasteiger partial charge >= 0.3 is 0 Å². The zero-order valence-corrected chi connectivity index (χ0v) is 15.8. The third-order valence-electron chi connectivity index (χ3n) is 6.53. The van der Waals surface area contributed by atoms with E-state index in [1.54, 1.807) is 0 Å². The van der Waals surface area contributed by atoms with E-state index in [2.05, 4.69) is 23.5 Å². The number of amides is 2. The smallest absolute Gasteiger partial charge is 0.225 e. The second kappa shape index (κ2) is 7.42. The van der Waals surface area contributed by atoms with Crippen LogP contribution in [0.15, 0.2) is 18.2 Å². The van der Waals surface area contributed by atoms with Gasteiger partial charge in [-0.15, -0.1) is 0 Å². The zero-order valence-electron chi connectivity index (χ0n) is 15.8. The van der Waals surface area contributed by atoms with E-state index in [4.69, 9.17) is 0 Å². The Hall–Kier alpha value is -1.84. The molecule has 26 heavy (non-hydrogen) atoms. The molecule has 0 aromatic heterocycles. The molecule has 3 aliphatic rings. The first-order valence-electron chi connectivity index (χ1n) is 10.3. The average Bonchev–Trinajstić information content (AvgIpc) is 3.30. The summed E-state index contributed by atoms with van der Waals surface area (Å²) in [5, 5.41) is 3.16. The molecule has 1 aromatic rings. The van der Waals surface area contributed by atoms with Gasteiger partial charge in [-0.3, -0.25) is 9.59 Å². The van der Waals surface area contributed by atoms with Crippen LogP contribution >= 0.6 is 0 Å². The van der Waals surface area contributed by atoms with Gasteiger partial charge in [0.05, 0.1) is 12.0 Å². The van der Waals surface area contributed by atoms with E-state index < -0.39 is 0 Å². The van der Waals surface area contributed by atoms with Crippen molar-refractivity contribution >= 4 is 11.8 Å². The van der Waals surface area contributed by atoms with Crippen LogP contribution in [0.3, 0.4) is 0 Å². The van der Waals surface area contributed by atoms with E-state index in [0.717, 1.165) is 19.3 Å². The Morgan fingerprint density at radius 1 is 1.12 bits per heavy atom. The Kier molecular flexibility index (Phi) is 5.01. The molecule has 1 saturated carbocycles. The highest BCUT2D eigenvalue weighted by Crippen LogP contribution is 2.30. The van der Waals surface area contributed by atoms with Crippen molar-refractivity contribution in [3.63, 3.8) is 0 Å². The molecule has 1 heterocycles. The lowest BCUT2D eigenvalue weighted by atomic mass is 9.89. The molecule has 4 rings (SSSR count). The van der Waals surface area contributed by atoms with Gasteiger partial charge in [0.15, 0.2) is 0 Å². The van der Waals surface area contributed by atoms with Gasteiger partial charge in [-0.05, 0) is 62.1 Å². The summed E-state index contributed by atoms with van der Waals surface area (Å²) >= 11 is 0. The molecular formula is C22H30N2O2. The number of aryl methyl sites for hydroxylation is 2. The first-order valence-corrected chi connectivity index (χ1v) is 10.3. The zero-order chi connectivity index (χ0) is 18.1. The highest BCUT2D eigenvalue weighted by Gasteiger charge is 2.38. The lowest BCUT2D eigenvalue weighted by Crippen LogP contribution is -2.37. The molecule has 1 aliphatic heterocycles. The molecule has 1 aromatic carbocycles. The Bertz CT molecular complexity index is 693. The van der Waals surface area contributed by atoms with E-state index in [9.17, 15) is 9.59 Å². The van der Waals surface area contributed by atoms with Crippen molar-refractivity contribution in [2.45, 2.75) is 76.8 Å². The number of rotatable bonds is 4. The third-order valence-corrected chi connectivity index (χ3v) is 6.53. The molecule has 4 heteroatoms.